The molecule has 8 heteroatoms. The molecule has 3 aromatic rings. The van der Waals surface area contributed by atoms with Gasteiger partial charge in [-0.25, -0.2) is 4.98 Å². The van der Waals surface area contributed by atoms with E-state index in [0.717, 1.165) is 10.3 Å². The Balaban J connectivity index is 1.74. The normalized spacial score (nSPS) is 10.6. The fourth-order valence-electron chi connectivity index (χ4n) is 2.98. The number of H-pyrrole nitrogens is 1. The number of nitrogens with one attached hydrogen (secondary N) is 2. The Bertz CT molecular complexity index is 1120. The van der Waals surface area contributed by atoms with E-state index in [4.69, 9.17) is 10.00 Å². The molecular weight excluding hydrogens is 364 g/mol. The summed E-state index contributed by atoms with van der Waals surface area (Å²) in [5.41, 5.74) is 2.52. The number of aromatic nitrogens is 2. The summed E-state index contributed by atoms with van der Waals surface area (Å²) in [4.78, 5) is 31.2. The molecule has 0 bridgehead atoms. The number of pyridine rings is 1. The van der Waals surface area contributed by atoms with Crippen molar-refractivity contribution in [3.8, 4) is 11.8 Å². The lowest BCUT2D eigenvalue weighted by atomic mass is 9.99. The molecule has 1 aromatic carbocycles. The number of anilines is 1. The summed E-state index contributed by atoms with van der Waals surface area (Å²) < 4.78 is 6.21. The fraction of sp³-hybridized carbons (Fsp3) is 0.263. The Morgan fingerprint density at radius 2 is 2.19 bits per heavy atom. The van der Waals surface area contributed by atoms with Gasteiger partial charge < -0.3 is 15.0 Å². The van der Waals surface area contributed by atoms with Gasteiger partial charge in [-0.1, -0.05) is 17.4 Å². The van der Waals surface area contributed by atoms with Crippen LogP contribution in [0.1, 0.15) is 28.8 Å². The zero-order chi connectivity index (χ0) is 19.6. The third-order valence-corrected chi connectivity index (χ3v) is 5.31. The Kier molecular flexibility index (Phi) is 5.23. The molecule has 0 unspecified atom stereocenters. The van der Waals surface area contributed by atoms with E-state index in [2.05, 4.69) is 15.3 Å². The summed E-state index contributed by atoms with van der Waals surface area (Å²) in [6, 6.07) is 7.53. The van der Waals surface area contributed by atoms with Crippen LogP contribution in [0.2, 0.25) is 0 Å². The molecule has 7 nitrogen and oxygen atoms in total. The topological polar surface area (TPSA) is 108 Å². The predicted octanol–water partition coefficient (Wildman–Crippen LogP) is 3.05. The zero-order valence-corrected chi connectivity index (χ0v) is 16.0. The molecule has 0 saturated carbocycles. The predicted molar refractivity (Wildman–Crippen MR) is 104 cm³/mol. The lowest BCUT2D eigenvalue weighted by Crippen LogP contribution is -2.18. The van der Waals surface area contributed by atoms with E-state index in [0.29, 0.717) is 34.1 Å². The summed E-state index contributed by atoms with van der Waals surface area (Å²) in [5, 5.41) is 12.4. The largest absolute Gasteiger partial charge is 0.494 e. The first-order valence-corrected chi connectivity index (χ1v) is 9.12. The van der Waals surface area contributed by atoms with Gasteiger partial charge in [0.25, 0.3) is 5.56 Å². The number of hydrogen-bond acceptors (Lipinski definition) is 6. The van der Waals surface area contributed by atoms with Crippen molar-refractivity contribution in [2.45, 2.75) is 26.7 Å². The maximum absolute atomic E-state index is 12.3. The van der Waals surface area contributed by atoms with Crippen LogP contribution in [-0.4, -0.2) is 23.0 Å². The Hall–Kier alpha value is -3.18. The second-order valence-corrected chi connectivity index (χ2v) is 7.07. The van der Waals surface area contributed by atoms with Crippen LogP contribution in [0.15, 0.2) is 23.0 Å². The average molecular weight is 382 g/mol. The number of carbonyl (C=O) groups excluding carboxylic acids is 1. The van der Waals surface area contributed by atoms with Crippen LogP contribution >= 0.6 is 11.3 Å². The van der Waals surface area contributed by atoms with Gasteiger partial charge in [-0.05, 0) is 43.5 Å². The number of methoxy groups -OCH3 is 1. The summed E-state index contributed by atoms with van der Waals surface area (Å²) >= 11 is 1.38. The Morgan fingerprint density at radius 1 is 1.41 bits per heavy atom. The minimum Gasteiger partial charge on any atom is -0.494 e. The molecule has 2 heterocycles. The molecule has 27 heavy (non-hydrogen) atoms. The number of carbonyl (C=O) groups is 1. The maximum atomic E-state index is 12.3. The lowest BCUT2D eigenvalue weighted by molar-refractivity contribution is -0.116. The number of thiazole rings is 1. The molecule has 0 aliphatic heterocycles. The standard InChI is InChI=1S/C19H18N4O3S/c1-10-12(11(2)21-18(25)13(10)9-20)7-8-16(24)22-19-23-17-14(26-3)5-4-6-15(17)27-19/h4-6H,7-8H2,1-3H3,(H,21,25)(H,22,23,24). The van der Waals surface area contributed by atoms with Gasteiger partial charge in [0.2, 0.25) is 5.91 Å². The van der Waals surface area contributed by atoms with E-state index in [9.17, 15) is 9.59 Å². The first-order chi connectivity index (χ1) is 12.9. The van der Waals surface area contributed by atoms with Crippen LogP contribution in [0.3, 0.4) is 0 Å². The van der Waals surface area contributed by atoms with Crippen LogP contribution in [-0.2, 0) is 11.2 Å². The van der Waals surface area contributed by atoms with Crippen molar-refractivity contribution < 1.29 is 9.53 Å². The highest BCUT2D eigenvalue weighted by atomic mass is 32.1. The van der Waals surface area contributed by atoms with Gasteiger partial charge in [-0.3, -0.25) is 9.59 Å². The minimum atomic E-state index is -0.399. The molecule has 0 spiro atoms. The van der Waals surface area contributed by atoms with E-state index in [-0.39, 0.29) is 17.9 Å². The van der Waals surface area contributed by atoms with Crippen molar-refractivity contribution in [2.75, 3.05) is 12.4 Å². The van der Waals surface area contributed by atoms with Crippen LogP contribution in [0.4, 0.5) is 5.13 Å². The number of nitrogens with zero attached hydrogens (tertiary/aromatic N) is 2. The number of hydrogen-bond donors (Lipinski definition) is 2. The summed E-state index contributed by atoms with van der Waals surface area (Å²) in [6.07, 6.45) is 0.634. The van der Waals surface area contributed by atoms with Crippen LogP contribution in [0, 0.1) is 25.2 Å². The number of amides is 1. The van der Waals surface area contributed by atoms with Gasteiger partial charge in [0.15, 0.2) is 5.13 Å². The van der Waals surface area contributed by atoms with Crippen molar-refractivity contribution >= 4 is 32.6 Å². The summed E-state index contributed by atoms with van der Waals surface area (Å²) in [5.74, 6) is 0.476. The molecule has 1 amide bonds. The summed E-state index contributed by atoms with van der Waals surface area (Å²) in [7, 11) is 1.58. The molecule has 0 radical (unpaired) electrons. The smallest absolute Gasteiger partial charge is 0.266 e. The Labute approximate surface area is 159 Å². The molecule has 0 aliphatic rings. The zero-order valence-electron chi connectivity index (χ0n) is 15.2. The van der Waals surface area contributed by atoms with Crippen molar-refractivity contribution in [3.05, 3.63) is 50.9 Å². The number of ether oxygens (including phenoxy) is 1. The molecule has 0 fully saturated rings. The van der Waals surface area contributed by atoms with Crippen LogP contribution < -0.4 is 15.6 Å². The van der Waals surface area contributed by atoms with Crippen LogP contribution in [0.25, 0.3) is 10.2 Å². The third kappa shape index (κ3) is 3.68. The highest BCUT2D eigenvalue weighted by Gasteiger charge is 2.15. The minimum absolute atomic E-state index is 0.0919. The van der Waals surface area contributed by atoms with E-state index >= 15 is 0 Å². The van der Waals surface area contributed by atoms with Crippen molar-refractivity contribution in [3.63, 3.8) is 0 Å². The SMILES string of the molecule is COc1cccc2sc(NC(=O)CCc3c(C)[nH]c(=O)c(C#N)c3C)nc12. The molecule has 0 aliphatic carbocycles. The molecule has 2 N–H and O–H groups in total. The molecule has 0 atom stereocenters. The molecule has 0 saturated heterocycles. The van der Waals surface area contributed by atoms with Crippen molar-refractivity contribution in [1.82, 2.24) is 9.97 Å². The first kappa shape index (κ1) is 18.6. The lowest BCUT2D eigenvalue weighted by Gasteiger charge is -2.10. The molecule has 3 rings (SSSR count). The number of aromatic amines is 1. The van der Waals surface area contributed by atoms with E-state index in [1.54, 1.807) is 21.0 Å². The van der Waals surface area contributed by atoms with Gasteiger partial charge in [-0.15, -0.1) is 0 Å². The highest BCUT2D eigenvalue weighted by Crippen LogP contribution is 2.32. The van der Waals surface area contributed by atoms with Gasteiger partial charge in [-0.2, -0.15) is 5.26 Å². The molecular formula is C19H18N4O3S. The second-order valence-electron chi connectivity index (χ2n) is 6.04. The van der Waals surface area contributed by atoms with Gasteiger partial charge in [0.1, 0.15) is 22.9 Å². The van der Waals surface area contributed by atoms with Crippen molar-refractivity contribution in [2.24, 2.45) is 0 Å². The molecule has 138 valence electrons. The first-order valence-electron chi connectivity index (χ1n) is 8.30. The number of para-hydroxylation sites is 1. The van der Waals surface area contributed by atoms with Crippen molar-refractivity contribution in [1.29, 1.82) is 5.26 Å². The van der Waals surface area contributed by atoms with E-state index in [1.165, 1.54) is 11.3 Å². The number of nitriles is 1. The fourth-order valence-corrected chi connectivity index (χ4v) is 3.88. The van der Waals surface area contributed by atoms with Gasteiger partial charge >= 0.3 is 0 Å². The molecule has 2 aromatic heterocycles. The second kappa shape index (κ2) is 7.60. The number of aryl methyl sites for hydroxylation is 1. The van der Waals surface area contributed by atoms with Crippen LogP contribution in [0.5, 0.6) is 5.75 Å². The van der Waals surface area contributed by atoms with Gasteiger partial charge in [0, 0.05) is 12.1 Å². The highest BCUT2D eigenvalue weighted by molar-refractivity contribution is 7.22. The number of rotatable bonds is 5. The Morgan fingerprint density at radius 3 is 2.89 bits per heavy atom. The quantitative estimate of drug-likeness (QED) is 0.705. The van der Waals surface area contributed by atoms with Gasteiger partial charge in [0.05, 0.1) is 11.8 Å². The average Bonchev–Trinajstić information content (AvgIpc) is 3.03. The van der Waals surface area contributed by atoms with E-state index in [1.807, 2.05) is 24.3 Å². The number of fused-ring (bicyclic) bond motifs is 1. The maximum Gasteiger partial charge on any atom is 0.266 e. The third-order valence-electron chi connectivity index (χ3n) is 4.37. The van der Waals surface area contributed by atoms with E-state index < -0.39 is 5.56 Å². The number of benzene rings is 1. The summed E-state index contributed by atoms with van der Waals surface area (Å²) in [6.45, 7) is 3.50. The monoisotopic (exact) mass is 382 g/mol.